The van der Waals surface area contributed by atoms with Crippen LogP contribution in [0, 0.1) is 6.92 Å². The molecule has 1 aromatic heterocycles. The molecule has 0 bridgehead atoms. The lowest BCUT2D eigenvalue weighted by Gasteiger charge is -2.07. The Hall–Kier alpha value is -3.19. The van der Waals surface area contributed by atoms with E-state index in [4.69, 9.17) is 0 Å². The minimum absolute atomic E-state index is 0.200. The largest absolute Gasteiger partial charge is 0.341 e. The second kappa shape index (κ2) is 7.79. The highest BCUT2D eigenvalue weighted by Gasteiger charge is 2.16. The third-order valence-corrected chi connectivity index (χ3v) is 4.86. The van der Waals surface area contributed by atoms with Crippen LogP contribution in [0.25, 0.3) is 10.6 Å². The fourth-order valence-electron chi connectivity index (χ4n) is 2.33. The number of thiazole rings is 1. The lowest BCUT2D eigenvalue weighted by Crippen LogP contribution is -2.24. The van der Waals surface area contributed by atoms with E-state index >= 15 is 0 Å². The van der Waals surface area contributed by atoms with Gasteiger partial charge >= 0.3 is 6.03 Å². The number of aromatic nitrogens is 1. The molecule has 0 aliphatic heterocycles. The van der Waals surface area contributed by atoms with Crippen LogP contribution in [0.3, 0.4) is 0 Å². The van der Waals surface area contributed by atoms with E-state index < -0.39 is 0 Å². The van der Waals surface area contributed by atoms with Crippen molar-refractivity contribution in [3.63, 3.8) is 0 Å². The lowest BCUT2D eigenvalue weighted by molar-refractivity contribution is 0.103. The lowest BCUT2D eigenvalue weighted by atomic mass is 10.2. The van der Waals surface area contributed by atoms with Crippen LogP contribution in [-0.2, 0) is 0 Å². The predicted molar refractivity (Wildman–Crippen MR) is 105 cm³/mol. The molecule has 0 saturated heterocycles. The zero-order chi connectivity index (χ0) is 18.5. The second-order valence-electron chi connectivity index (χ2n) is 5.54. The van der Waals surface area contributed by atoms with Gasteiger partial charge in [0.2, 0.25) is 0 Å². The number of hydrogen-bond donors (Lipinski definition) is 3. The molecule has 0 radical (unpaired) electrons. The Morgan fingerprint density at radius 3 is 2.15 bits per heavy atom. The van der Waals surface area contributed by atoms with E-state index in [1.54, 1.807) is 31.3 Å². The molecule has 3 aromatic rings. The molecule has 3 rings (SSSR count). The number of carbonyl (C=O) groups is 2. The van der Waals surface area contributed by atoms with Crippen LogP contribution in [0.15, 0.2) is 54.6 Å². The molecule has 2 aromatic carbocycles. The van der Waals surface area contributed by atoms with Crippen molar-refractivity contribution in [3.05, 3.63) is 65.2 Å². The molecule has 0 spiro atoms. The Kier molecular flexibility index (Phi) is 5.28. The number of aryl methyl sites for hydroxylation is 1. The third-order valence-electron chi connectivity index (χ3n) is 3.65. The molecule has 0 unspecified atom stereocenters. The van der Waals surface area contributed by atoms with Gasteiger partial charge in [0.25, 0.3) is 5.91 Å². The average molecular weight is 366 g/mol. The number of anilines is 2. The molecule has 0 aliphatic rings. The highest BCUT2D eigenvalue weighted by Crippen LogP contribution is 2.28. The monoisotopic (exact) mass is 366 g/mol. The standard InChI is InChI=1S/C19H18N4O2S/c1-12-16(26-18(21-12)13-6-4-3-5-7-13)17(24)22-14-8-10-15(11-9-14)23-19(25)20-2/h3-11H,1-2H3,(H,22,24)(H2,20,23,25). The van der Waals surface area contributed by atoms with Crippen molar-refractivity contribution in [2.45, 2.75) is 6.92 Å². The second-order valence-corrected chi connectivity index (χ2v) is 6.53. The van der Waals surface area contributed by atoms with Crippen molar-refractivity contribution >= 4 is 34.6 Å². The molecule has 132 valence electrons. The van der Waals surface area contributed by atoms with E-state index in [0.717, 1.165) is 10.6 Å². The number of benzene rings is 2. The molecule has 26 heavy (non-hydrogen) atoms. The normalized spacial score (nSPS) is 10.2. The highest BCUT2D eigenvalue weighted by atomic mass is 32.1. The minimum Gasteiger partial charge on any atom is -0.341 e. The Morgan fingerprint density at radius 2 is 1.54 bits per heavy atom. The van der Waals surface area contributed by atoms with E-state index in [9.17, 15) is 9.59 Å². The molecule has 7 heteroatoms. The molecule has 0 aliphatic carbocycles. The first kappa shape index (κ1) is 17.6. The quantitative estimate of drug-likeness (QED) is 0.649. The van der Waals surface area contributed by atoms with Gasteiger partial charge in [-0.25, -0.2) is 9.78 Å². The van der Waals surface area contributed by atoms with Gasteiger partial charge in [0.1, 0.15) is 9.88 Å². The molecule has 1 heterocycles. The molecule has 0 saturated carbocycles. The summed E-state index contributed by atoms with van der Waals surface area (Å²) in [5.41, 5.74) is 2.97. The summed E-state index contributed by atoms with van der Waals surface area (Å²) >= 11 is 1.37. The van der Waals surface area contributed by atoms with E-state index in [0.29, 0.717) is 21.9 Å². The Labute approximate surface area is 155 Å². The zero-order valence-electron chi connectivity index (χ0n) is 14.4. The molecule has 3 N–H and O–H groups in total. The number of hydrogen-bond acceptors (Lipinski definition) is 4. The van der Waals surface area contributed by atoms with E-state index in [2.05, 4.69) is 20.9 Å². The number of rotatable bonds is 4. The topological polar surface area (TPSA) is 83.1 Å². The SMILES string of the molecule is CNC(=O)Nc1ccc(NC(=O)c2sc(-c3ccccc3)nc2C)cc1. The molecule has 3 amide bonds. The smallest absolute Gasteiger partial charge is 0.318 e. The number of nitrogens with one attached hydrogen (secondary N) is 3. The third kappa shape index (κ3) is 4.07. The first-order chi connectivity index (χ1) is 12.6. The molecule has 0 fully saturated rings. The highest BCUT2D eigenvalue weighted by molar-refractivity contribution is 7.17. The fraction of sp³-hybridized carbons (Fsp3) is 0.105. The average Bonchev–Trinajstić information content (AvgIpc) is 3.06. The Morgan fingerprint density at radius 1 is 0.923 bits per heavy atom. The number of carbonyl (C=O) groups excluding carboxylic acids is 2. The van der Waals surface area contributed by atoms with Crippen molar-refractivity contribution in [2.75, 3.05) is 17.7 Å². The van der Waals surface area contributed by atoms with Gasteiger partial charge in [0.05, 0.1) is 5.69 Å². The van der Waals surface area contributed by atoms with Gasteiger partial charge in [0.15, 0.2) is 0 Å². The summed E-state index contributed by atoms with van der Waals surface area (Å²) in [7, 11) is 1.55. The van der Waals surface area contributed by atoms with Crippen LogP contribution in [-0.4, -0.2) is 24.0 Å². The first-order valence-electron chi connectivity index (χ1n) is 8.00. The van der Waals surface area contributed by atoms with Crippen LogP contribution < -0.4 is 16.0 Å². The predicted octanol–water partition coefficient (Wildman–Crippen LogP) is 4.12. The summed E-state index contributed by atoms with van der Waals surface area (Å²) in [5, 5.41) is 8.82. The number of urea groups is 1. The van der Waals surface area contributed by atoms with Crippen LogP contribution in [0.4, 0.5) is 16.2 Å². The van der Waals surface area contributed by atoms with E-state index in [1.807, 2.05) is 37.3 Å². The summed E-state index contributed by atoms with van der Waals surface area (Å²) in [4.78, 5) is 28.9. The summed E-state index contributed by atoms with van der Waals surface area (Å²) in [6, 6.07) is 16.4. The van der Waals surface area contributed by atoms with Crippen molar-refractivity contribution in [3.8, 4) is 10.6 Å². The molecular formula is C19H18N4O2S. The summed E-state index contributed by atoms with van der Waals surface area (Å²) in [5.74, 6) is -0.200. The molecule has 6 nitrogen and oxygen atoms in total. The van der Waals surface area contributed by atoms with Crippen molar-refractivity contribution in [2.24, 2.45) is 0 Å². The maximum atomic E-state index is 12.6. The first-order valence-corrected chi connectivity index (χ1v) is 8.81. The van der Waals surface area contributed by atoms with Crippen molar-refractivity contribution in [1.82, 2.24) is 10.3 Å². The van der Waals surface area contributed by atoms with Gasteiger partial charge in [-0.3, -0.25) is 4.79 Å². The summed E-state index contributed by atoms with van der Waals surface area (Å²) in [6.45, 7) is 1.83. The maximum Gasteiger partial charge on any atom is 0.318 e. The van der Waals surface area contributed by atoms with Crippen LogP contribution in [0.5, 0.6) is 0 Å². The van der Waals surface area contributed by atoms with Gasteiger partial charge in [-0.15, -0.1) is 11.3 Å². The van der Waals surface area contributed by atoms with E-state index in [1.165, 1.54) is 11.3 Å². The van der Waals surface area contributed by atoms with Gasteiger partial charge in [-0.05, 0) is 31.2 Å². The summed E-state index contributed by atoms with van der Waals surface area (Å²) < 4.78 is 0. The number of nitrogens with zero attached hydrogens (tertiary/aromatic N) is 1. The van der Waals surface area contributed by atoms with Crippen LogP contribution in [0.1, 0.15) is 15.4 Å². The summed E-state index contributed by atoms with van der Waals surface area (Å²) in [6.07, 6.45) is 0. The molecule has 0 atom stereocenters. The van der Waals surface area contributed by atoms with Crippen molar-refractivity contribution in [1.29, 1.82) is 0 Å². The minimum atomic E-state index is -0.296. The van der Waals surface area contributed by atoms with Gasteiger partial charge < -0.3 is 16.0 Å². The van der Waals surface area contributed by atoms with Crippen LogP contribution in [0.2, 0.25) is 0 Å². The van der Waals surface area contributed by atoms with E-state index in [-0.39, 0.29) is 11.9 Å². The van der Waals surface area contributed by atoms with Gasteiger partial charge in [-0.1, -0.05) is 30.3 Å². The van der Waals surface area contributed by atoms with Gasteiger partial charge in [0, 0.05) is 24.0 Å². The fourth-order valence-corrected chi connectivity index (χ4v) is 3.30. The maximum absolute atomic E-state index is 12.6. The Bertz CT molecular complexity index is 920. The Balaban J connectivity index is 1.72. The molecular weight excluding hydrogens is 348 g/mol. The van der Waals surface area contributed by atoms with Gasteiger partial charge in [-0.2, -0.15) is 0 Å². The van der Waals surface area contributed by atoms with Crippen molar-refractivity contribution < 1.29 is 9.59 Å². The number of amides is 3. The zero-order valence-corrected chi connectivity index (χ0v) is 15.2. The van der Waals surface area contributed by atoms with Crippen LogP contribution >= 0.6 is 11.3 Å².